The Morgan fingerprint density at radius 3 is 2.88 bits per heavy atom. The van der Waals surface area contributed by atoms with E-state index in [1.165, 1.54) is 6.07 Å². The number of hydrogen-bond donors (Lipinski definition) is 2. The Balaban J connectivity index is 2.42. The maximum Gasteiger partial charge on any atom is 0.251 e. The molecule has 0 aliphatic heterocycles. The first kappa shape index (κ1) is 13.6. The molecule has 0 aliphatic carbocycles. The lowest BCUT2D eigenvalue weighted by Gasteiger charge is -2.05. The van der Waals surface area contributed by atoms with Crippen molar-refractivity contribution in [1.29, 1.82) is 0 Å². The second-order valence-corrected chi connectivity index (χ2v) is 4.44. The minimum Gasteiger partial charge on any atom is -0.507 e. The molecule has 0 unspecified atom stereocenters. The van der Waals surface area contributed by atoms with Crippen LogP contribution in [0.3, 0.4) is 0 Å². The van der Waals surface area contributed by atoms with Crippen molar-refractivity contribution in [1.82, 2.24) is 5.32 Å². The normalized spacial score (nSPS) is 9.65. The van der Waals surface area contributed by atoms with Crippen molar-refractivity contribution in [3.63, 3.8) is 0 Å². The van der Waals surface area contributed by atoms with E-state index < -0.39 is 0 Å². The van der Waals surface area contributed by atoms with Crippen LogP contribution in [0.25, 0.3) is 0 Å². The van der Waals surface area contributed by atoms with Crippen LogP contribution in [0.15, 0.2) is 22.7 Å². The summed E-state index contributed by atoms with van der Waals surface area (Å²) in [5.41, 5.74) is 0.447. The molecule has 0 radical (unpaired) electrons. The molecule has 2 N–H and O–H groups in total. The lowest BCUT2D eigenvalue weighted by atomic mass is 10.2. The molecule has 1 rings (SSSR count). The summed E-state index contributed by atoms with van der Waals surface area (Å²) >= 11 is 3.16. The topological polar surface area (TPSA) is 49.3 Å². The van der Waals surface area contributed by atoms with Gasteiger partial charge in [-0.05, 0) is 47.0 Å². The van der Waals surface area contributed by atoms with Gasteiger partial charge < -0.3 is 10.4 Å². The number of hydrogen-bond acceptors (Lipinski definition) is 2. The van der Waals surface area contributed by atoms with E-state index in [0.29, 0.717) is 16.6 Å². The zero-order chi connectivity index (χ0) is 12.7. The van der Waals surface area contributed by atoms with E-state index in [2.05, 4.69) is 27.2 Å². The molecular formula is C13H14BrNO2. The molecule has 0 atom stereocenters. The Bertz CT molecular complexity index is 438. The molecule has 4 heteroatoms. The maximum atomic E-state index is 11.7. The number of rotatable bonds is 5. The van der Waals surface area contributed by atoms with Gasteiger partial charge in [0.05, 0.1) is 4.47 Å². The summed E-state index contributed by atoms with van der Waals surface area (Å²) in [7, 11) is 0. The molecule has 17 heavy (non-hydrogen) atoms. The summed E-state index contributed by atoms with van der Waals surface area (Å²) in [5.74, 6) is 2.42. The molecule has 3 nitrogen and oxygen atoms in total. The highest BCUT2D eigenvalue weighted by molar-refractivity contribution is 9.10. The molecule has 0 saturated heterocycles. The van der Waals surface area contributed by atoms with Crippen LogP contribution in [0.1, 0.15) is 29.6 Å². The van der Waals surface area contributed by atoms with Gasteiger partial charge in [0.1, 0.15) is 5.75 Å². The number of terminal acetylenes is 1. The van der Waals surface area contributed by atoms with E-state index in [-0.39, 0.29) is 11.7 Å². The fourth-order valence-electron chi connectivity index (χ4n) is 1.31. The first-order chi connectivity index (χ1) is 8.15. The van der Waals surface area contributed by atoms with Gasteiger partial charge in [0.2, 0.25) is 0 Å². The minimum atomic E-state index is -0.187. The van der Waals surface area contributed by atoms with Crippen molar-refractivity contribution in [3.8, 4) is 18.1 Å². The zero-order valence-electron chi connectivity index (χ0n) is 9.37. The number of aromatic hydroxyl groups is 1. The number of benzene rings is 1. The quantitative estimate of drug-likeness (QED) is 0.648. The average Bonchev–Trinajstić information content (AvgIpc) is 2.32. The number of halogens is 1. The van der Waals surface area contributed by atoms with Crippen molar-refractivity contribution < 1.29 is 9.90 Å². The predicted octanol–water partition coefficient (Wildman–Crippen LogP) is 2.69. The largest absolute Gasteiger partial charge is 0.507 e. The van der Waals surface area contributed by atoms with Gasteiger partial charge in [-0.25, -0.2) is 0 Å². The molecule has 1 aromatic rings. The standard InChI is InChI=1S/C13H14BrNO2/c1-2-3-4-5-8-15-13(17)10-6-7-11(14)12(16)9-10/h1,6-7,9,16H,3-5,8H2,(H,15,17). The lowest BCUT2D eigenvalue weighted by Crippen LogP contribution is -2.24. The number of unbranched alkanes of at least 4 members (excludes halogenated alkanes) is 2. The van der Waals surface area contributed by atoms with Gasteiger partial charge in [0.25, 0.3) is 5.91 Å². The first-order valence-electron chi connectivity index (χ1n) is 5.35. The Kier molecular flexibility index (Phi) is 5.58. The van der Waals surface area contributed by atoms with Crippen molar-refractivity contribution in [3.05, 3.63) is 28.2 Å². The molecule has 0 aliphatic rings. The lowest BCUT2D eigenvalue weighted by molar-refractivity contribution is 0.0952. The second-order valence-electron chi connectivity index (χ2n) is 3.58. The second kappa shape index (κ2) is 6.97. The number of carbonyl (C=O) groups is 1. The Labute approximate surface area is 109 Å². The van der Waals surface area contributed by atoms with Gasteiger partial charge >= 0.3 is 0 Å². The van der Waals surface area contributed by atoms with Crippen LogP contribution >= 0.6 is 15.9 Å². The summed E-state index contributed by atoms with van der Waals surface area (Å²) in [5, 5.41) is 12.2. The summed E-state index contributed by atoms with van der Waals surface area (Å²) in [6.45, 7) is 0.595. The van der Waals surface area contributed by atoms with Crippen LogP contribution in [-0.4, -0.2) is 17.6 Å². The van der Waals surface area contributed by atoms with Gasteiger partial charge in [0, 0.05) is 18.5 Å². The van der Waals surface area contributed by atoms with Crippen molar-refractivity contribution in [2.45, 2.75) is 19.3 Å². The predicted molar refractivity (Wildman–Crippen MR) is 70.8 cm³/mol. The molecular weight excluding hydrogens is 282 g/mol. The third-order valence-electron chi connectivity index (χ3n) is 2.24. The number of phenolic OH excluding ortho intramolecular Hbond substituents is 1. The highest BCUT2D eigenvalue weighted by Crippen LogP contribution is 2.24. The molecule has 0 heterocycles. The van der Waals surface area contributed by atoms with Crippen LogP contribution in [0.5, 0.6) is 5.75 Å². The molecule has 1 aromatic carbocycles. The molecule has 0 fully saturated rings. The van der Waals surface area contributed by atoms with E-state index in [1.54, 1.807) is 12.1 Å². The molecule has 0 bridgehead atoms. The SMILES string of the molecule is C#CCCCCNC(=O)c1ccc(Br)c(O)c1. The smallest absolute Gasteiger partial charge is 0.251 e. The van der Waals surface area contributed by atoms with Crippen LogP contribution < -0.4 is 5.32 Å². The Morgan fingerprint density at radius 1 is 1.47 bits per heavy atom. The summed E-state index contributed by atoms with van der Waals surface area (Å²) < 4.78 is 0.572. The van der Waals surface area contributed by atoms with Crippen LogP contribution in [-0.2, 0) is 0 Å². The summed E-state index contributed by atoms with van der Waals surface area (Å²) in [6.07, 6.45) is 7.62. The average molecular weight is 296 g/mol. The first-order valence-corrected chi connectivity index (χ1v) is 6.14. The van der Waals surface area contributed by atoms with Crippen molar-refractivity contribution >= 4 is 21.8 Å². The molecule has 1 amide bonds. The third-order valence-corrected chi connectivity index (χ3v) is 2.91. The van der Waals surface area contributed by atoms with Crippen LogP contribution in [0.2, 0.25) is 0 Å². The van der Waals surface area contributed by atoms with Crippen molar-refractivity contribution in [2.24, 2.45) is 0 Å². The molecule has 0 saturated carbocycles. The molecule has 0 spiro atoms. The third kappa shape index (κ3) is 4.49. The monoisotopic (exact) mass is 295 g/mol. The van der Waals surface area contributed by atoms with Gasteiger partial charge in [-0.3, -0.25) is 4.79 Å². The van der Waals surface area contributed by atoms with E-state index in [4.69, 9.17) is 6.42 Å². The Morgan fingerprint density at radius 2 is 2.24 bits per heavy atom. The molecule has 90 valence electrons. The zero-order valence-corrected chi connectivity index (χ0v) is 11.0. The molecule has 0 aromatic heterocycles. The highest BCUT2D eigenvalue weighted by atomic mass is 79.9. The number of amides is 1. The van der Waals surface area contributed by atoms with Crippen LogP contribution in [0.4, 0.5) is 0 Å². The maximum absolute atomic E-state index is 11.7. The summed E-state index contributed by atoms with van der Waals surface area (Å²) in [4.78, 5) is 11.7. The summed E-state index contributed by atoms with van der Waals surface area (Å²) in [6, 6.07) is 4.73. The van der Waals surface area contributed by atoms with E-state index in [9.17, 15) is 9.90 Å². The van der Waals surface area contributed by atoms with Crippen LogP contribution in [0, 0.1) is 12.3 Å². The minimum absolute atomic E-state index is 0.0602. The number of nitrogens with one attached hydrogen (secondary N) is 1. The van der Waals surface area contributed by atoms with Gasteiger partial charge in [0.15, 0.2) is 0 Å². The fourth-order valence-corrected chi connectivity index (χ4v) is 1.56. The van der Waals surface area contributed by atoms with E-state index in [0.717, 1.165) is 19.3 Å². The van der Waals surface area contributed by atoms with E-state index in [1.807, 2.05) is 0 Å². The van der Waals surface area contributed by atoms with Gasteiger partial charge in [-0.2, -0.15) is 0 Å². The highest BCUT2D eigenvalue weighted by Gasteiger charge is 2.07. The number of phenols is 1. The van der Waals surface area contributed by atoms with Gasteiger partial charge in [-0.15, -0.1) is 12.3 Å². The van der Waals surface area contributed by atoms with Crippen molar-refractivity contribution in [2.75, 3.05) is 6.54 Å². The fraction of sp³-hybridized carbons (Fsp3) is 0.308. The Hall–Kier alpha value is -1.47. The number of carbonyl (C=O) groups excluding carboxylic acids is 1. The van der Waals surface area contributed by atoms with Gasteiger partial charge in [-0.1, -0.05) is 0 Å². The van der Waals surface area contributed by atoms with E-state index >= 15 is 0 Å².